The summed E-state index contributed by atoms with van der Waals surface area (Å²) in [5.74, 6) is -0.562. The molecule has 1 amide bonds. The van der Waals surface area contributed by atoms with Gasteiger partial charge in [-0.3, -0.25) is 4.79 Å². The highest BCUT2D eigenvalue weighted by molar-refractivity contribution is 7.91. The molecule has 3 aromatic rings. The first-order valence-electron chi connectivity index (χ1n) is 8.89. The monoisotopic (exact) mass is 433 g/mol. The summed E-state index contributed by atoms with van der Waals surface area (Å²) in [5.41, 5.74) is 1.80. The van der Waals surface area contributed by atoms with E-state index in [2.05, 4.69) is 10.3 Å². The zero-order valence-corrected chi connectivity index (χ0v) is 17.4. The van der Waals surface area contributed by atoms with Crippen molar-refractivity contribution in [2.75, 3.05) is 18.4 Å². The van der Waals surface area contributed by atoms with Crippen molar-refractivity contribution in [3.05, 3.63) is 53.2 Å². The first kappa shape index (κ1) is 19.3. The van der Waals surface area contributed by atoms with Crippen molar-refractivity contribution in [1.29, 1.82) is 0 Å². The van der Waals surface area contributed by atoms with Crippen molar-refractivity contribution in [3.8, 4) is 11.3 Å². The lowest BCUT2D eigenvalue weighted by Gasteiger charge is -2.30. The number of benzene rings is 1. The van der Waals surface area contributed by atoms with Crippen LogP contribution in [0.15, 0.2) is 57.4 Å². The van der Waals surface area contributed by atoms with E-state index in [9.17, 15) is 13.2 Å². The standard InChI is InChI=1S/C19H19N3O3S3/c23-18(21-19-20-16(13-27-19)14-6-2-1-3-7-14)15-8-4-10-22(12-15)28(24,25)17-9-5-11-26-17/h1-3,5-7,9,11,13,15H,4,8,10,12H2,(H,20,21,23). The fourth-order valence-corrected chi connectivity index (χ4v) is 6.58. The summed E-state index contributed by atoms with van der Waals surface area (Å²) in [4.78, 5) is 17.2. The molecule has 0 spiro atoms. The maximum Gasteiger partial charge on any atom is 0.252 e. The Morgan fingerprint density at radius 3 is 2.71 bits per heavy atom. The third kappa shape index (κ3) is 4.02. The highest BCUT2D eigenvalue weighted by Gasteiger charge is 2.34. The lowest BCUT2D eigenvalue weighted by molar-refractivity contribution is -0.120. The SMILES string of the molecule is O=C(Nc1nc(-c2ccccc2)cs1)C1CCCN(S(=O)(=O)c2cccs2)C1. The molecule has 0 saturated carbocycles. The number of thiazole rings is 1. The van der Waals surface area contributed by atoms with Crippen molar-refractivity contribution < 1.29 is 13.2 Å². The van der Waals surface area contributed by atoms with Gasteiger partial charge in [0.1, 0.15) is 4.21 Å². The van der Waals surface area contributed by atoms with Gasteiger partial charge in [0.15, 0.2) is 5.13 Å². The summed E-state index contributed by atoms with van der Waals surface area (Å²) in [6, 6.07) is 13.1. The Hall–Kier alpha value is -2.07. The molecule has 0 radical (unpaired) electrons. The number of carbonyl (C=O) groups is 1. The van der Waals surface area contributed by atoms with E-state index in [0.717, 1.165) is 11.3 Å². The van der Waals surface area contributed by atoms with Crippen LogP contribution < -0.4 is 5.32 Å². The van der Waals surface area contributed by atoms with Crippen LogP contribution in [-0.4, -0.2) is 36.7 Å². The molecule has 4 rings (SSSR count). The second-order valence-electron chi connectivity index (χ2n) is 6.53. The van der Waals surface area contributed by atoms with Crippen LogP contribution in [0.4, 0.5) is 5.13 Å². The molecule has 146 valence electrons. The van der Waals surface area contributed by atoms with Crippen LogP contribution >= 0.6 is 22.7 Å². The van der Waals surface area contributed by atoms with Crippen molar-refractivity contribution >= 4 is 43.7 Å². The Balaban J connectivity index is 1.43. The minimum Gasteiger partial charge on any atom is -0.302 e. The highest BCUT2D eigenvalue weighted by atomic mass is 32.2. The molecule has 9 heteroatoms. The Kier molecular flexibility index (Phi) is 5.58. The zero-order valence-electron chi connectivity index (χ0n) is 14.9. The Bertz CT molecular complexity index is 1050. The fraction of sp³-hybridized carbons (Fsp3) is 0.263. The van der Waals surface area contributed by atoms with Gasteiger partial charge in [-0.15, -0.1) is 22.7 Å². The van der Waals surface area contributed by atoms with Gasteiger partial charge >= 0.3 is 0 Å². The Labute approximate surface area is 171 Å². The average Bonchev–Trinajstić information content (AvgIpc) is 3.41. The number of rotatable bonds is 5. The molecule has 1 fully saturated rings. The number of aromatic nitrogens is 1. The van der Waals surface area contributed by atoms with Gasteiger partial charge in [-0.05, 0) is 24.3 Å². The highest BCUT2D eigenvalue weighted by Crippen LogP contribution is 2.28. The molecule has 0 aliphatic carbocycles. The molecule has 1 aliphatic rings. The molecule has 3 heterocycles. The molecule has 1 unspecified atom stereocenters. The summed E-state index contributed by atoms with van der Waals surface area (Å²) in [6.45, 7) is 0.641. The summed E-state index contributed by atoms with van der Waals surface area (Å²) in [5, 5.41) is 7.03. The van der Waals surface area contributed by atoms with Crippen molar-refractivity contribution in [3.63, 3.8) is 0 Å². The number of thiophene rings is 1. The van der Waals surface area contributed by atoms with Gasteiger partial charge in [-0.1, -0.05) is 36.4 Å². The van der Waals surface area contributed by atoms with Crippen LogP contribution in [0, 0.1) is 5.92 Å². The fourth-order valence-electron chi connectivity index (χ4n) is 3.19. The minimum absolute atomic E-state index is 0.181. The van der Waals surface area contributed by atoms with E-state index in [-0.39, 0.29) is 18.4 Å². The predicted molar refractivity (Wildman–Crippen MR) is 112 cm³/mol. The number of piperidine rings is 1. The Morgan fingerprint density at radius 1 is 1.14 bits per heavy atom. The number of sulfonamides is 1. The van der Waals surface area contributed by atoms with Crippen LogP contribution in [0.5, 0.6) is 0 Å². The van der Waals surface area contributed by atoms with Crippen LogP contribution in [-0.2, 0) is 14.8 Å². The summed E-state index contributed by atoms with van der Waals surface area (Å²) in [6.07, 6.45) is 1.33. The number of amides is 1. The van der Waals surface area contributed by atoms with Crippen LogP contribution in [0.25, 0.3) is 11.3 Å². The number of carbonyl (C=O) groups excluding carboxylic acids is 1. The number of hydrogen-bond acceptors (Lipinski definition) is 6. The van der Waals surface area contributed by atoms with E-state index in [1.54, 1.807) is 17.5 Å². The third-order valence-electron chi connectivity index (χ3n) is 4.65. The number of hydrogen-bond donors (Lipinski definition) is 1. The average molecular weight is 434 g/mol. The largest absolute Gasteiger partial charge is 0.302 e. The number of nitrogens with zero attached hydrogens (tertiary/aromatic N) is 2. The summed E-state index contributed by atoms with van der Waals surface area (Å²) < 4.78 is 27.2. The van der Waals surface area contributed by atoms with Gasteiger partial charge in [0.25, 0.3) is 10.0 Å². The quantitative estimate of drug-likeness (QED) is 0.662. The minimum atomic E-state index is -3.53. The van der Waals surface area contributed by atoms with Gasteiger partial charge < -0.3 is 5.32 Å². The third-order valence-corrected chi connectivity index (χ3v) is 8.64. The van der Waals surface area contributed by atoms with Gasteiger partial charge in [0.05, 0.1) is 11.6 Å². The molecule has 6 nitrogen and oxygen atoms in total. The molecular formula is C19H19N3O3S3. The second-order valence-corrected chi connectivity index (χ2v) is 10.5. The lowest BCUT2D eigenvalue weighted by atomic mass is 9.99. The normalized spacial score (nSPS) is 18.1. The van der Waals surface area contributed by atoms with Crippen LogP contribution in [0.2, 0.25) is 0 Å². The van der Waals surface area contributed by atoms with Crippen molar-refractivity contribution in [2.24, 2.45) is 5.92 Å². The van der Waals surface area contributed by atoms with Gasteiger partial charge in [-0.2, -0.15) is 4.31 Å². The van der Waals surface area contributed by atoms with Gasteiger partial charge in [-0.25, -0.2) is 13.4 Å². The molecule has 1 atom stereocenters. The van der Waals surface area contributed by atoms with E-state index in [0.29, 0.717) is 28.7 Å². The maximum atomic E-state index is 12.7. The first-order valence-corrected chi connectivity index (χ1v) is 12.1. The molecular weight excluding hydrogens is 414 g/mol. The smallest absolute Gasteiger partial charge is 0.252 e. The second kappa shape index (κ2) is 8.12. The molecule has 0 bridgehead atoms. The zero-order chi connectivity index (χ0) is 19.6. The topological polar surface area (TPSA) is 79.4 Å². The first-order chi connectivity index (χ1) is 13.5. The van der Waals surface area contributed by atoms with E-state index < -0.39 is 10.0 Å². The van der Waals surface area contributed by atoms with Crippen LogP contribution in [0.1, 0.15) is 12.8 Å². The van der Waals surface area contributed by atoms with Gasteiger partial charge in [0, 0.05) is 24.0 Å². The summed E-state index contributed by atoms with van der Waals surface area (Å²) in [7, 11) is -3.53. The van der Waals surface area contributed by atoms with E-state index in [1.165, 1.54) is 27.0 Å². The number of nitrogens with one attached hydrogen (secondary N) is 1. The molecule has 1 aromatic carbocycles. The lowest BCUT2D eigenvalue weighted by Crippen LogP contribution is -2.43. The molecule has 1 aliphatic heterocycles. The predicted octanol–water partition coefficient (Wildman–Crippen LogP) is 3.91. The van der Waals surface area contributed by atoms with E-state index >= 15 is 0 Å². The molecule has 28 heavy (non-hydrogen) atoms. The Morgan fingerprint density at radius 2 is 1.96 bits per heavy atom. The van der Waals surface area contributed by atoms with Gasteiger partial charge in [0.2, 0.25) is 5.91 Å². The van der Waals surface area contributed by atoms with Crippen molar-refractivity contribution in [2.45, 2.75) is 17.1 Å². The maximum absolute atomic E-state index is 12.7. The summed E-state index contributed by atoms with van der Waals surface area (Å²) >= 11 is 2.57. The number of anilines is 1. The van der Waals surface area contributed by atoms with E-state index in [1.807, 2.05) is 35.7 Å². The van der Waals surface area contributed by atoms with E-state index in [4.69, 9.17) is 0 Å². The molecule has 1 saturated heterocycles. The molecule has 2 aromatic heterocycles. The van der Waals surface area contributed by atoms with Crippen LogP contribution in [0.3, 0.4) is 0 Å². The molecule has 1 N–H and O–H groups in total. The van der Waals surface area contributed by atoms with Crippen molar-refractivity contribution in [1.82, 2.24) is 9.29 Å².